The third-order valence-corrected chi connectivity index (χ3v) is 6.65. The van der Waals surface area contributed by atoms with Crippen LogP contribution in [0, 0.1) is 17.8 Å². The highest BCUT2D eigenvalue weighted by Crippen LogP contribution is 2.50. The summed E-state index contributed by atoms with van der Waals surface area (Å²) in [5.41, 5.74) is 0.00529. The lowest BCUT2D eigenvalue weighted by atomic mass is 9.76. The quantitative estimate of drug-likeness (QED) is 0.725. The van der Waals surface area contributed by atoms with Crippen molar-refractivity contribution in [2.45, 2.75) is 84.3 Å². The number of fused-ring (bicyclic) bond motifs is 2. The molecule has 1 N–H and O–H groups in total. The van der Waals surface area contributed by atoms with Gasteiger partial charge in [-0.3, -0.25) is 4.90 Å². The molecule has 0 aromatic rings. The maximum Gasteiger partial charge on any atom is 0.0726 e. The summed E-state index contributed by atoms with van der Waals surface area (Å²) in [5.74, 6) is 2.72. The third kappa shape index (κ3) is 2.78. The van der Waals surface area contributed by atoms with Gasteiger partial charge in [0.1, 0.15) is 0 Å². The molecule has 2 heteroatoms. The largest absolute Gasteiger partial charge is 0.391 e. The van der Waals surface area contributed by atoms with Crippen molar-refractivity contribution in [1.82, 2.24) is 4.90 Å². The minimum Gasteiger partial charge on any atom is -0.391 e. The van der Waals surface area contributed by atoms with E-state index in [9.17, 15) is 5.11 Å². The zero-order chi connectivity index (χ0) is 14.8. The van der Waals surface area contributed by atoms with Gasteiger partial charge in [-0.05, 0) is 69.4 Å². The van der Waals surface area contributed by atoms with E-state index in [1.807, 2.05) is 0 Å². The van der Waals surface area contributed by atoms with Crippen LogP contribution in [0.15, 0.2) is 0 Å². The van der Waals surface area contributed by atoms with Crippen LogP contribution in [-0.2, 0) is 0 Å². The van der Waals surface area contributed by atoms with E-state index in [0.29, 0.717) is 0 Å². The molecule has 0 spiro atoms. The predicted molar refractivity (Wildman–Crippen MR) is 85.8 cm³/mol. The topological polar surface area (TPSA) is 23.5 Å². The molecular formula is C18H35NO. The average Bonchev–Trinajstić information content (AvgIpc) is 3.07. The van der Waals surface area contributed by atoms with Crippen LogP contribution in [0.3, 0.4) is 0 Å². The van der Waals surface area contributed by atoms with Gasteiger partial charge in [-0.1, -0.05) is 34.1 Å². The van der Waals surface area contributed by atoms with Gasteiger partial charge in [-0.15, -0.1) is 0 Å². The second-order valence-corrected chi connectivity index (χ2v) is 7.17. The van der Waals surface area contributed by atoms with Gasteiger partial charge in [0.15, 0.2) is 0 Å². The van der Waals surface area contributed by atoms with Crippen LogP contribution in [0.1, 0.15) is 72.6 Å². The van der Waals surface area contributed by atoms with Crippen LogP contribution in [-0.4, -0.2) is 34.7 Å². The Hall–Kier alpha value is -0.0800. The number of aliphatic hydroxyl groups excluding tert-OH is 1. The van der Waals surface area contributed by atoms with Gasteiger partial charge in [0.25, 0.3) is 0 Å². The van der Waals surface area contributed by atoms with Gasteiger partial charge in [0.2, 0.25) is 0 Å². The van der Waals surface area contributed by atoms with E-state index in [1.165, 1.54) is 25.7 Å². The second kappa shape index (κ2) is 6.79. The number of hydrogen-bond donors (Lipinski definition) is 1. The Morgan fingerprint density at radius 2 is 1.70 bits per heavy atom. The minimum atomic E-state index is -0.151. The summed E-state index contributed by atoms with van der Waals surface area (Å²) < 4.78 is 0. The third-order valence-electron chi connectivity index (χ3n) is 6.65. The summed E-state index contributed by atoms with van der Waals surface area (Å²) in [6.45, 7) is 11.1. The first-order valence-electron chi connectivity index (χ1n) is 9.04. The molecule has 118 valence electrons. The van der Waals surface area contributed by atoms with Crippen molar-refractivity contribution < 1.29 is 5.11 Å². The molecule has 4 unspecified atom stereocenters. The summed E-state index contributed by atoms with van der Waals surface area (Å²) in [4.78, 5) is 2.50. The first-order chi connectivity index (χ1) is 9.61. The Labute approximate surface area is 125 Å². The van der Waals surface area contributed by atoms with Crippen LogP contribution in [0.5, 0.6) is 0 Å². The SMILES string of the molecule is CCN(CC)C(CC)(CC)C(O)CC1CC2CCC1C2. The molecule has 0 radical (unpaired) electrons. The number of nitrogens with zero attached hydrogens (tertiary/aromatic N) is 1. The molecular weight excluding hydrogens is 246 g/mol. The molecule has 0 amide bonds. The highest BCUT2D eigenvalue weighted by atomic mass is 16.3. The average molecular weight is 281 g/mol. The summed E-state index contributed by atoms with van der Waals surface area (Å²) in [5, 5.41) is 11.0. The van der Waals surface area contributed by atoms with Crippen molar-refractivity contribution >= 4 is 0 Å². The maximum atomic E-state index is 11.0. The van der Waals surface area contributed by atoms with Crippen LogP contribution >= 0.6 is 0 Å². The zero-order valence-corrected chi connectivity index (χ0v) is 14.1. The standard InChI is InChI=1S/C18H35NO/c1-5-18(6-2,19(7-3)8-4)17(20)13-16-12-14-9-10-15(16)11-14/h14-17,20H,5-13H2,1-4H3. The van der Waals surface area contributed by atoms with Crippen molar-refractivity contribution in [3.05, 3.63) is 0 Å². The predicted octanol–water partition coefficient (Wildman–Crippen LogP) is 4.07. The van der Waals surface area contributed by atoms with Crippen LogP contribution in [0.2, 0.25) is 0 Å². The molecule has 2 aliphatic carbocycles. The molecule has 2 saturated carbocycles. The van der Waals surface area contributed by atoms with E-state index >= 15 is 0 Å². The first-order valence-corrected chi connectivity index (χ1v) is 9.04. The molecule has 2 bridgehead atoms. The van der Waals surface area contributed by atoms with Gasteiger partial charge < -0.3 is 5.11 Å². The molecule has 0 aromatic heterocycles. The van der Waals surface area contributed by atoms with Gasteiger partial charge in [0.05, 0.1) is 6.10 Å². The minimum absolute atomic E-state index is 0.00529. The van der Waals surface area contributed by atoms with E-state index in [0.717, 1.165) is 50.1 Å². The van der Waals surface area contributed by atoms with Crippen LogP contribution < -0.4 is 0 Å². The monoisotopic (exact) mass is 281 g/mol. The number of aliphatic hydroxyl groups is 1. The summed E-state index contributed by atoms with van der Waals surface area (Å²) in [7, 11) is 0. The van der Waals surface area contributed by atoms with E-state index in [1.54, 1.807) is 0 Å². The fourth-order valence-electron chi connectivity index (χ4n) is 5.40. The molecule has 0 aromatic carbocycles. The summed E-state index contributed by atoms with van der Waals surface area (Å²) >= 11 is 0. The zero-order valence-electron chi connectivity index (χ0n) is 14.1. The second-order valence-electron chi connectivity index (χ2n) is 7.17. The van der Waals surface area contributed by atoms with Crippen LogP contribution in [0.25, 0.3) is 0 Å². The molecule has 20 heavy (non-hydrogen) atoms. The lowest BCUT2D eigenvalue weighted by molar-refractivity contribution is -0.0489. The van der Waals surface area contributed by atoms with E-state index in [4.69, 9.17) is 0 Å². The van der Waals surface area contributed by atoms with Gasteiger partial charge in [0, 0.05) is 5.54 Å². The smallest absolute Gasteiger partial charge is 0.0726 e. The van der Waals surface area contributed by atoms with Crippen LogP contribution in [0.4, 0.5) is 0 Å². The molecule has 2 aliphatic rings. The lowest BCUT2D eigenvalue weighted by Gasteiger charge is -2.47. The summed E-state index contributed by atoms with van der Waals surface area (Å²) in [6, 6.07) is 0. The normalized spacial score (nSPS) is 31.2. The fourth-order valence-corrected chi connectivity index (χ4v) is 5.40. The molecule has 2 rings (SSSR count). The van der Waals surface area contributed by atoms with Crippen molar-refractivity contribution in [3.8, 4) is 0 Å². The Bertz CT molecular complexity index is 296. The van der Waals surface area contributed by atoms with E-state index in [-0.39, 0.29) is 11.6 Å². The first kappa shape index (κ1) is 16.3. The van der Waals surface area contributed by atoms with Crippen molar-refractivity contribution in [2.75, 3.05) is 13.1 Å². The lowest BCUT2D eigenvalue weighted by Crippen LogP contribution is -2.56. The highest BCUT2D eigenvalue weighted by Gasteiger charge is 2.45. The fraction of sp³-hybridized carbons (Fsp3) is 1.00. The molecule has 2 nitrogen and oxygen atoms in total. The highest BCUT2D eigenvalue weighted by molar-refractivity contribution is 4.98. The van der Waals surface area contributed by atoms with Crippen molar-refractivity contribution in [2.24, 2.45) is 17.8 Å². The number of rotatable bonds is 8. The van der Waals surface area contributed by atoms with Gasteiger partial charge >= 0.3 is 0 Å². The van der Waals surface area contributed by atoms with E-state index in [2.05, 4.69) is 32.6 Å². The molecule has 0 aliphatic heterocycles. The van der Waals surface area contributed by atoms with Crippen molar-refractivity contribution in [3.63, 3.8) is 0 Å². The van der Waals surface area contributed by atoms with Gasteiger partial charge in [-0.25, -0.2) is 0 Å². The molecule has 0 saturated heterocycles. The molecule has 0 heterocycles. The van der Waals surface area contributed by atoms with Gasteiger partial charge in [-0.2, -0.15) is 0 Å². The molecule has 4 atom stereocenters. The summed E-state index contributed by atoms with van der Waals surface area (Å²) in [6.07, 6.45) is 8.75. The number of hydrogen-bond acceptors (Lipinski definition) is 2. The Morgan fingerprint density at radius 3 is 2.10 bits per heavy atom. The maximum absolute atomic E-state index is 11.0. The molecule has 2 fully saturated rings. The Kier molecular flexibility index (Phi) is 5.53. The Balaban J connectivity index is 2.04. The number of likely N-dealkylation sites (N-methyl/N-ethyl adjacent to an activating group) is 1. The van der Waals surface area contributed by atoms with Crippen molar-refractivity contribution in [1.29, 1.82) is 0 Å². The van der Waals surface area contributed by atoms with E-state index < -0.39 is 0 Å². The Morgan fingerprint density at radius 1 is 1.05 bits per heavy atom.